The first-order chi connectivity index (χ1) is 20.2. The molecule has 0 N–H and O–H groups in total. The normalized spacial score (nSPS) is 11.5. The molecule has 0 aliphatic heterocycles. The molecule has 0 saturated heterocycles. The fraction of sp³-hybridized carbons (Fsp3) is 0.0256. The van der Waals surface area contributed by atoms with E-state index in [1.165, 1.54) is 54.5 Å². The summed E-state index contributed by atoms with van der Waals surface area (Å²) in [6.07, 6.45) is 0. The maximum Gasteiger partial charge on any atom is 0.0495 e. The summed E-state index contributed by atoms with van der Waals surface area (Å²) in [6.45, 7) is 0. The molecule has 0 atom stereocenters. The average Bonchev–Trinajstić information content (AvgIpc) is 3.31. The molecule has 0 fully saturated rings. The number of hydrogen-bond donors (Lipinski definition) is 0. The Morgan fingerprint density at radius 2 is 0.951 bits per heavy atom. The van der Waals surface area contributed by atoms with Gasteiger partial charge in [0.15, 0.2) is 0 Å². The minimum atomic E-state index is 1.13. The van der Waals surface area contributed by atoms with Crippen LogP contribution >= 0.6 is 0 Å². The lowest BCUT2D eigenvalue weighted by molar-refractivity contribution is 1.02. The van der Waals surface area contributed by atoms with Crippen LogP contribution in [-0.2, 0) is 7.05 Å². The molecule has 0 radical (unpaired) electrons. The van der Waals surface area contributed by atoms with E-state index in [1.54, 1.807) is 0 Å². The third-order valence-corrected chi connectivity index (χ3v) is 8.34. The van der Waals surface area contributed by atoms with Crippen LogP contribution in [0, 0.1) is 0 Å². The van der Waals surface area contributed by atoms with Crippen molar-refractivity contribution in [1.29, 1.82) is 0 Å². The number of hydrogen-bond acceptors (Lipinski definition) is 1. The van der Waals surface area contributed by atoms with Crippen LogP contribution in [0.15, 0.2) is 152 Å². The highest BCUT2D eigenvalue weighted by molar-refractivity contribution is 6.13. The van der Waals surface area contributed by atoms with Crippen molar-refractivity contribution in [2.75, 3.05) is 4.90 Å². The van der Waals surface area contributed by atoms with E-state index in [-0.39, 0.29) is 0 Å². The van der Waals surface area contributed by atoms with E-state index in [1.807, 2.05) is 0 Å². The maximum atomic E-state index is 2.35. The topological polar surface area (TPSA) is 8.17 Å². The Kier molecular flexibility index (Phi) is 5.39. The second-order valence-corrected chi connectivity index (χ2v) is 10.8. The summed E-state index contributed by atoms with van der Waals surface area (Å²) in [7, 11) is 2.17. The minimum absolute atomic E-state index is 1.13. The second kappa shape index (κ2) is 9.39. The monoisotopic (exact) mass is 524 g/mol. The smallest absolute Gasteiger partial charge is 0.0495 e. The van der Waals surface area contributed by atoms with Gasteiger partial charge in [0.2, 0.25) is 0 Å². The van der Waals surface area contributed by atoms with Gasteiger partial charge in [-0.2, -0.15) is 0 Å². The Hall–Kier alpha value is -5.34. The fourth-order valence-electron chi connectivity index (χ4n) is 6.22. The second-order valence-electron chi connectivity index (χ2n) is 10.8. The maximum absolute atomic E-state index is 2.35. The van der Waals surface area contributed by atoms with Crippen molar-refractivity contribution >= 4 is 60.4 Å². The predicted molar refractivity (Wildman–Crippen MR) is 176 cm³/mol. The van der Waals surface area contributed by atoms with Crippen molar-refractivity contribution in [3.8, 4) is 11.1 Å². The van der Waals surface area contributed by atoms with Gasteiger partial charge in [-0.1, -0.05) is 91.0 Å². The molecule has 0 saturated carbocycles. The number of fused-ring (bicyclic) bond motifs is 5. The molecule has 0 amide bonds. The van der Waals surface area contributed by atoms with Gasteiger partial charge < -0.3 is 9.47 Å². The highest BCUT2D eigenvalue weighted by Gasteiger charge is 2.14. The molecule has 1 aromatic heterocycles. The van der Waals surface area contributed by atoms with Gasteiger partial charge in [-0.15, -0.1) is 0 Å². The van der Waals surface area contributed by atoms with E-state index in [0.29, 0.717) is 0 Å². The number of rotatable bonds is 4. The Morgan fingerprint density at radius 1 is 0.390 bits per heavy atom. The summed E-state index contributed by atoms with van der Waals surface area (Å²) in [5, 5.41) is 7.62. The standard InChI is InChI=1S/C39H28N2/c1-40-38-22-18-32(25-36(38)37-24-30-11-7-8-12-31(30)26-39(37)40)28-15-19-34(20-16-28)41(33-13-3-2-4-14-33)35-21-17-27-9-5-6-10-29(27)23-35/h2-26H,1H3. The molecule has 2 heteroatoms. The lowest BCUT2D eigenvalue weighted by Crippen LogP contribution is -2.09. The van der Waals surface area contributed by atoms with E-state index >= 15 is 0 Å². The van der Waals surface area contributed by atoms with Crippen molar-refractivity contribution in [3.05, 3.63) is 152 Å². The first-order valence-electron chi connectivity index (χ1n) is 14.1. The predicted octanol–water partition coefficient (Wildman–Crippen LogP) is 10.8. The molecule has 7 aromatic carbocycles. The molecule has 1 heterocycles. The molecule has 8 aromatic rings. The lowest BCUT2D eigenvalue weighted by Gasteiger charge is -2.26. The number of aryl methyl sites for hydroxylation is 1. The summed E-state index contributed by atoms with van der Waals surface area (Å²) >= 11 is 0. The van der Waals surface area contributed by atoms with Crippen LogP contribution in [-0.4, -0.2) is 4.57 Å². The molecule has 8 rings (SSSR count). The number of benzene rings is 7. The highest BCUT2D eigenvalue weighted by atomic mass is 15.1. The van der Waals surface area contributed by atoms with Crippen LogP contribution < -0.4 is 4.90 Å². The summed E-state index contributed by atoms with van der Waals surface area (Å²) < 4.78 is 2.31. The summed E-state index contributed by atoms with van der Waals surface area (Å²) in [6, 6.07) is 54.9. The molecular formula is C39H28N2. The Morgan fingerprint density at radius 3 is 1.71 bits per heavy atom. The molecule has 41 heavy (non-hydrogen) atoms. The SMILES string of the molecule is Cn1c2ccc(-c3ccc(N(c4ccccc4)c4ccc5ccccc5c4)cc3)cc2c2cc3ccccc3cc21. The first-order valence-corrected chi connectivity index (χ1v) is 14.1. The number of aromatic nitrogens is 1. The zero-order valence-corrected chi connectivity index (χ0v) is 22.8. The fourth-order valence-corrected chi connectivity index (χ4v) is 6.22. The Bertz CT molecular complexity index is 2210. The molecular weight excluding hydrogens is 496 g/mol. The quantitative estimate of drug-likeness (QED) is 0.222. The average molecular weight is 525 g/mol. The van der Waals surface area contributed by atoms with Gasteiger partial charge in [0.1, 0.15) is 0 Å². The Balaban J connectivity index is 1.22. The lowest BCUT2D eigenvalue weighted by atomic mass is 10.0. The van der Waals surface area contributed by atoms with Crippen molar-refractivity contribution in [3.63, 3.8) is 0 Å². The van der Waals surface area contributed by atoms with Gasteiger partial charge in [0, 0.05) is 45.9 Å². The zero-order chi connectivity index (χ0) is 27.3. The largest absolute Gasteiger partial charge is 0.344 e. The van der Waals surface area contributed by atoms with Gasteiger partial charge in [-0.3, -0.25) is 0 Å². The van der Waals surface area contributed by atoms with Gasteiger partial charge in [0.05, 0.1) is 0 Å². The van der Waals surface area contributed by atoms with E-state index in [2.05, 4.69) is 168 Å². The van der Waals surface area contributed by atoms with Crippen molar-refractivity contribution in [2.24, 2.45) is 7.05 Å². The molecule has 0 unspecified atom stereocenters. The highest BCUT2D eigenvalue weighted by Crippen LogP contribution is 2.38. The molecule has 0 bridgehead atoms. The molecule has 0 aliphatic rings. The minimum Gasteiger partial charge on any atom is -0.344 e. The van der Waals surface area contributed by atoms with Crippen LogP contribution in [0.1, 0.15) is 0 Å². The molecule has 0 aliphatic carbocycles. The van der Waals surface area contributed by atoms with E-state index < -0.39 is 0 Å². The van der Waals surface area contributed by atoms with Crippen LogP contribution in [0.4, 0.5) is 17.1 Å². The van der Waals surface area contributed by atoms with Crippen molar-refractivity contribution in [1.82, 2.24) is 4.57 Å². The van der Waals surface area contributed by atoms with Gasteiger partial charge in [-0.05, 0) is 93.3 Å². The number of anilines is 3. The van der Waals surface area contributed by atoms with Crippen LogP contribution in [0.25, 0.3) is 54.5 Å². The molecule has 2 nitrogen and oxygen atoms in total. The van der Waals surface area contributed by atoms with Gasteiger partial charge in [0.25, 0.3) is 0 Å². The summed E-state index contributed by atoms with van der Waals surface area (Å²) in [4.78, 5) is 2.33. The first kappa shape index (κ1) is 23.5. The van der Waals surface area contributed by atoms with Gasteiger partial charge >= 0.3 is 0 Å². The summed E-state index contributed by atoms with van der Waals surface area (Å²) in [5.74, 6) is 0. The zero-order valence-electron chi connectivity index (χ0n) is 22.8. The third-order valence-electron chi connectivity index (χ3n) is 8.34. The number of nitrogens with zero attached hydrogens (tertiary/aromatic N) is 2. The van der Waals surface area contributed by atoms with Crippen LogP contribution in [0.5, 0.6) is 0 Å². The molecule has 0 spiro atoms. The molecule has 194 valence electrons. The van der Waals surface area contributed by atoms with Crippen LogP contribution in [0.3, 0.4) is 0 Å². The van der Waals surface area contributed by atoms with E-state index in [0.717, 1.165) is 17.1 Å². The van der Waals surface area contributed by atoms with Crippen LogP contribution in [0.2, 0.25) is 0 Å². The van der Waals surface area contributed by atoms with E-state index in [9.17, 15) is 0 Å². The third kappa shape index (κ3) is 3.96. The van der Waals surface area contributed by atoms with Gasteiger partial charge in [-0.25, -0.2) is 0 Å². The number of para-hydroxylation sites is 1. The van der Waals surface area contributed by atoms with Crippen molar-refractivity contribution in [2.45, 2.75) is 0 Å². The van der Waals surface area contributed by atoms with E-state index in [4.69, 9.17) is 0 Å². The summed E-state index contributed by atoms with van der Waals surface area (Å²) in [5.41, 5.74) is 8.36. The Labute approximate surface area is 239 Å². The van der Waals surface area contributed by atoms with Crippen molar-refractivity contribution < 1.29 is 0 Å².